The lowest BCUT2D eigenvalue weighted by molar-refractivity contribution is -0.271. The van der Waals surface area contributed by atoms with Crippen LogP contribution in [-0.2, 0) is 9.30 Å². The summed E-state index contributed by atoms with van der Waals surface area (Å²) in [7, 11) is -4.41. The molecule has 0 aromatic rings. The number of hydrogen-bond acceptors (Lipinski definition) is 6. The first-order valence-corrected chi connectivity index (χ1v) is 6.03. The highest BCUT2D eigenvalue weighted by Gasteiger charge is 2.42. The first-order valence-electron chi connectivity index (χ1n) is 4.34. The molecule has 0 spiro atoms. The Kier molecular flexibility index (Phi) is 4.22. The molecule has 0 radical (unpaired) electrons. The van der Waals surface area contributed by atoms with E-state index < -0.39 is 38.3 Å². The minimum absolute atomic E-state index is 0.484. The Morgan fingerprint density at radius 2 is 1.56 bits per heavy atom. The van der Waals surface area contributed by atoms with Crippen LogP contribution < -0.4 is 0 Å². The molecule has 8 nitrogen and oxygen atoms in total. The summed E-state index contributed by atoms with van der Waals surface area (Å²) < 4.78 is 15.1. The predicted molar refractivity (Wildman–Crippen MR) is 50.1 cm³/mol. The third-order valence-corrected chi connectivity index (χ3v) is 2.66. The Morgan fingerprint density at radius 3 is 2.06 bits per heavy atom. The lowest BCUT2D eigenvalue weighted by Crippen LogP contribution is -2.56. The second-order valence-electron chi connectivity index (χ2n) is 3.39. The van der Waals surface area contributed by atoms with Gasteiger partial charge in [-0.1, -0.05) is 0 Å². The first-order chi connectivity index (χ1) is 7.22. The molecule has 1 aliphatic rings. The third-order valence-electron chi connectivity index (χ3n) is 2.10. The van der Waals surface area contributed by atoms with Gasteiger partial charge in [-0.15, -0.1) is 0 Å². The summed E-state index contributed by atoms with van der Waals surface area (Å²) in [6.45, 7) is 0. The van der Waals surface area contributed by atoms with E-state index in [1.54, 1.807) is 0 Å². The topological polar surface area (TPSA) is 148 Å². The number of hydrogen-bond donors (Lipinski definition) is 6. The van der Waals surface area contributed by atoms with Crippen LogP contribution in [0.15, 0.2) is 11.9 Å². The average Bonchev–Trinajstić information content (AvgIpc) is 2.17. The molecular formula is C7H13O8P. The molecule has 1 fully saturated rings. The van der Waals surface area contributed by atoms with Crippen LogP contribution in [0.3, 0.4) is 0 Å². The van der Waals surface area contributed by atoms with Crippen molar-refractivity contribution >= 4 is 7.60 Å². The van der Waals surface area contributed by atoms with E-state index in [9.17, 15) is 14.8 Å². The molecule has 16 heavy (non-hydrogen) atoms. The zero-order chi connectivity index (χ0) is 12.5. The fraction of sp³-hybridized carbons (Fsp3) is 0.714. The molecule has 0 aromatic carbocycles. The van der Waals surface area contributed by atoms with Crippen molar-refractivity contribution in [3.05, 3.63) is 11.9 Å². The van der Waals surface area contributed by atoms with Gasteiger partial charge in [0.15, 0.2) is 6.29 Å². The van der Waals surface area contributed by atoms with E-state index >= 15 is 0 Å². The Morgan fingerprint density at radius 1 is 1.00 bits per heavy atom. The smallest absolute Gasteiger partial charge is 0.348 e. The van der Waals surface area contributed by atoms with Gasteiger partial charge in [0, 0.05) is 5.82 Å². The molecule has 5 atom stereocenters. The zero-order valence-electron chi connectivity index (χ0n) is 7.99. The molecule has 1 rings (SSSR count). The molecule has 0 aliphatic carbocycles. The molecule has 9 heteroatoms. The second-order valence-corrected chi connectivity index (χ2v) is 4.87. The maximum atomic E-state index is 10.5. The highest BCUT2D eigenvalue weighted by molar-refractivity contribution is 7.55. The molecule has 0 saturated carbocycles. The average molecular weight is 256 g/mol. The van der Waals surface area contributed by atoms with Gasteiger partial charge in [-0.25, -0.2) is 0 Å². The van der Waals surface area contributed by atoms with E-state index in [1.807, 2.05) is 0 Å². The fourth-order valence-corrected chi connectivity index (χ4v) is 1.64. The van der Waals surface area contributed by atoms with Crippen LogP contribution in [-0.4, -0.2) is 60.9 Å². The number of ether oxygens (including phenoxy) is 1. The van der Waals surface area contributed by atoms with Crippen molar-refractivity contribution in [3.8, 4) is 0 Å². The monoisotopic (exact) mass is 256 g/mol. The van der Waals surface area contributed by atoms with Gasteiger partial charge in [-0.2, -0.15) is 0 Å². The van der Waals surface area contributed by atoms with Crippen molar-refractivity contribution in [1.29, 1.82) is 0 Å². The van der Waals surface area contributed by atoms with Gasteiger partial charge in [-0.05, 0) is 6.08 Å². The summed E-state index contributed by atoms with van der Waals surface area (Å²) >= 11 is 0. The van der Waals surface area contributed by atoms with Gasteiger partial charge in [0.2, 0.25) is 0 Å². The van der Waals surface area contributed by atoms with Gasteiger partial charge < -0.3 is 34.9 Å². The largest absolute Gasteiger partial charge is 0.387 e. The number of rotatable bonds is 2. The van der Waals surface area contributed by atoms with Crippen molar-refractivity contribution in [2.24, 2.45) is 0 Å². The summed E-state index contributed by atoms with van der Waals surface area (Å²) in [5.74, 6) is 0.484. The minimum atomic E-state index is -4.41. The normalized spacial score (nSPS) is 41.5. The van der Waals surface area contributed by atoms with Crippen LogP contribution >= 0.6 is 7.60 Å². The molecule has 6 N–H and O–H groups in total. The van der Waals surface area contributed by atoms with Crippen molar-refractivity contribution in [1.82, 2.24) is 0 Å². The highest BCUT2D eigenvalue weighted by Crippen LogP contribution is 2.36. The first kappa shape index (κ1) is 13.8. The quantitative estimate of drug-likeness (QED) is 0.296. The molecule has 0 bridgehead atoms. The Balaban J connectivity index is 2.75. The van der Waals surface area contributed by atoms with E-state index in [-0.39, 0.29) is 0 Å². The van der Waals surface area contributed by atoms with Gasteiger partial charge in [-0.3, -0.25) is 4.57 Å². The van der Waals surface area contributed by atoms with Crippen LogP contribution in [0.2, 0.25) is 0 Å². The Bertz CT molecular complexity index is 312. The summed E-state index contributed by atoms with van der Waals surface area (Å²) in [5, 5.41) is 36.8. The Labute approximate surface area is 90.6 Å². The molecule has 0 aromatic heterocycles. The van der Waals surface area contributed by atoms with Crippen LogP contribution in [0.25, 0.3) is 0 Å². The van der Waals surface area contributed by atoms with E-state index in [2.05, 4.69) is 4.74 Å². The van der Waals surface area contributed by atoms with Crippen molar-refractivity contribution in [2.45, 2.75) is 30.7 Å². The van der Waals surface area contributed by atoms with Gasteiger partial charge in [0.05, 0.1) is 0 Å². The Hall–Kier alpha value is -0.310. The maximum Gasteiger partial charge on any atom is 0.348 e. The summed E-state index contributed by atoms with van der Waals surface area (Å²) in [6, 6.07) is 0. The SMILES string of the molecule is O=P(O)(O)/C=C/[C@H]1O[C@H](O)[C@H](O)[C@@H](O)[C@@H]1O. The van der Waals surface area contributed by atoms with Crippen LogP contribution in [0.5, 0.6) is 0 Å². The van der Waals surface area contributed by atoms with Gasteiger partial charge in [0.1, 0.15) is 24.4 Å². The molecule has 94 valence electrons. The summed E-state index contributed by atoms with van der Waals surface area (Å²) in [4.78, 5) is 17.1. The molecule has 0 amide bonds. The molecule has 1 saturated heterocycles. The van der Waals surface area contributed by atoms with E-state index in [4.69, 9.17) is 20.0 Å². The molecular weight excluding hydrogens is 243 g/mol. The van der Waals surface area contributed by atoms with Crippen molar-refractivity contribution in [2.75, 3.05) is 0 Å². The second kappa shape index (κ2) is 4.91. The zero-order valence-corrected chi connectivity index (χ0v) is 8.88. The fourth-order valence-electron chi connectivity index (χ4n) is 1.24. The molecule has 1 heterocycles. The predicted octanol–water partition coefficient (Wildman–Crippen LogP) is -2.52. The summed E-state index contributed by atoms with van der Waals surface area (Å²) in [5.41, 5.74) is 0. The van der Waals surface area contributed by atoms with Crippen LogP contribution in [0.1, 0.15) is 0 Å². The lowest BCUT2D eigenvalue weighted by Gasteiger charge is -2.37. The van der Waals surface area contributed by atoms with Crippen molar-refractivity contribution in [3.63, 3.8) is 0 Å². The van der Waals surface area contributed by atoms with E-state index in [1.165, 1.54) is 0 Å². The van der Waals surface area contributed by atoms with Crippen molar-refractivity contribution < 1.29 is 39.5 Å². The lowest BCUT2D eigenvalue weighted by atomic mass is 9.99. The van der Waals surface area contributed by atoms with Gasteiger partial charge in [0.25, 0.3) is 0 Å². The summed E-state index contributed by atoms with van der Waals surface area (Å²) in [6.07, 6.45) is -7.12. The minimum Gasteiger partial charge on any atom is -0.387 e. The third kappa shape index (κ3) is 3.34. The number of aliphatic hydroxyl groups excluding tert-OH is 4. The van der Waals surface area contributed by atoms with Crippen LogP contribution in [0, 0.1) is 0 Å². The molecule has 0 unspecified atom stereocenters. The highest BCUT2D eigenvalue weighted by atomic mass is 31.2. The van der Waals surface area contributed by atoms with Gasteiger partial charge >= 0.3 is 7.60 Å². The van der Waals surface area contributed by atoms with E-state index in [0.29, 0.717) is 5.82 Å². The van der Waals surface area contributed by atoms with E-state index in [0.717, 1.165) is 6.08 Å². The maximum absolute atomic E-state index is 10.5. The van der Waals surface area contributed by atoms with Crippen LogP contribution in [0.4, 0.5) is 0 Å². The standard InChI is InChI=1S/C7H13O8P/c8-4-3(1-2-16(12,13)14)15-7(11)6(10)5(4)9/h1-11H,(H2,12,13,14)/b2-1+/t3-,4-,5+,6-,7+/m1/s1. The number of aliphatic hydroxyl groups is 4. The molecule has 1 aliphatic heterocycles.